The molecule has 1 aromatic heterocycles. The van der Waals surface area contributed by atoms with Crippen LogP contribution in [0.4, 0.5) is 10.1 Å². The number of hydrogen-bond acceptors (Lipinski definition) is 2. The fourth-order valence-corrected chi connectivity index (χ4v) is 2.30. The summed E-state index contributed by atoms with van der Waals surface area (Å²) in [5.74, 6) is -0.894. The van der Waals surface area contributed by atoms with E-state index in [1.54, 1.807) is 20.0 Å². The standard InChI is InChI=1S/C14H12BrFN2O2/c1-8-3-4-9(16)5-11(8)13(19)17-10-6-12(15)14(20)18(2)7-10/h3-7H,1-2H3,(H,17,19). The van der Waals surface area contributed by atoms with Gasteiger partial charge >= 0.3 is 0 Å². The Morgan fingerprint density at radius 3 is 2.70 bits per heavy atom. The van der Waals surface area contributed by atoms with Crippen LogP contribution >= 0.6 is 15.9 Å². The van der Waals surface area contributed by atoms with Crippen LogP contribution in [0, 0.1) is 12.7 Å². The first-order chi connectivity index (χ1) is 9.38. The zero-order valence-electron chi connectivity index (χ0n) is 10.9. The van der Waals surface area contributed by atoms with Crippen molar-refractivity contribution >= 4 is 27.5 Å². The molecule has 104 valence electrons. The fraction of sp³-hybridized carbons (Fsp3) is 0.143. The maximum absolute atomic E-state index is 13.2. The molecule has 0 unspecified atom stereocenters. The number of carbonyl (C=O) groups is 1. The molecule has 0 bridgehead atoms. The molecule has 0 fully saturated rings. The molecule has 0 atom stereocenters. The number of hydrogen-bond donors (Lipinski definition) is 1. The Morgan fingerprint density at radius 2 is 2.05 bits per heavy atom. The molecule has 1 amide bonds. The van der Waals surface area contributed by atoms with Crippen molar-refractivity contribution in [1.29, 1.82) is 0 Å². The van der Waals surface area contributed by atoms with Gasteiger partial charge in [-0.25, -0.2) is 4.39 Å². The highest BCUT2D eigenvalue weighted by Crippen LogP contribution is 2.15. The van der Waals surface area contributed by atoms with E-state index in [1.165, 1.54) is 29.0 Å². The van der Waals surface area contributed by atoms with Gasteiger partial charge in [0.2, 0.25) is 0 Å². The van der Waals surface area contributed by atoms with Crippen LogP contribution in [0.5, 0.6) is 0 Å². The fourth-order valence-electron chi connectivity index (χ4n) is 1.78. The van der Waals surface area contributed by atoms with Gasteiger partial charge in [-0.3, -0.25) is 9.59 Å². The first-order valence-corrected chi connectivity index (χ1v) is 6.61. The number of rotatable bonds is 2. The molecule has 0 spiro atoms. The summed E-state index contributed by atoms with van der Waals surface area (Å²) in [7, 11) is 1.58. The van der Waals surface area contributed by atoms with E-state index < -0.39 is 11.7 Å². The summed E-state index contributed by atoms with van der Waals surface area (Å²) in [6.45, 7) is 1.73. The van der Waals surface area contributed by atoms with Crippen molar-refractivity contribution in [2.75, 3.05) is 5.32 Å². The summed E-state index contributed by atoms with van der Waals surface area (Å²) >= 11 is 3.12. The summed E-state index contributed by atoms with van der Waals surface area (Å²) < 4.78 is 14.9. The van der Waals surface area contributed by atoms with Gasteiger partial charge in [0.25, 0.3) is 11.5 Å². The van der Waals surface area contributed by atoms with Crippen LogP contribution in [-0.2, 0) is 7.05 Å². The molecular weight excluding hydrogens is 327 g/mol. The van der Waals surface area contributed by atoms with Gasteiger partial charge in [-0.1, -0.05) is 6.07 Å². The number of aryl methyl sites for hydroxylation is 2. The normalized spacial score (nSPS) is 10.4. The maximum Gasteiger partial charge on any atom is 0.264 e. The first kappa shape index (κ1) is 14.5. The molecule has 0 aliphatic heterocycles. The van der Waals surface area contributed by atoms with Crippen LogP contribution in [0.1, 0.15) is 15.9 Å². The minimum absolute atomic E-state index is 0.204. The average Bonchev–Trinajstić information content (AvgIpc) is 2.38. The number of halogens is 2. The third-order valence-corrected chi connectivity index (χ3v) is 3.41. The number of nitrogens with one attached hydrogen (secondary N) is 1. The Morgan fingerprint density at radius 1 is 1.35 bits per heavy atom. The molecule has 1 aromatic carbocycles. The lowest BCUT2D eigenvalue weighted by Crippen LogP contribution is -2.20. The van der Waals surface area contributed by atoms with Crippen LogP contribution in [-0.4, -0.2) is 10.5 Å². The molecule has 4 nitrogen and oxygen atoms in total. The molecule has 0 saturated carbocycles. The molecule has 2 rings (SSSR count). The molecule has 20 heavy (non-hydrogen) atoms. The minimum Gasteiger partial charge on any atom is -0.321 e. The van der Waals surface area contributed by atoms with Crippen LogP contribution in [0.3, 0.4) is 0 Å². The van der Waals surface area contributed by atoms with Gasteiger partial charge in [0.15, 0.2) is 0 Å². The van der Waals surface area contributed by atoms with E-state index in [2.05, 4.69) is 21.2 Å². The van der Waals surface area contributed by atoms with Gasteiger partial charge in [-0.2, -0.15) is 0 Å². The van der Waals surface area contributed by atoms with Gasteiger partial charge in [0, 0.05) is 18.8 Å². The first-order valence-electron chi connectivity index (χ1n) is 5.82. The van der Waals surface area contributed by atoms with E-state index in [0.29, 0.717) is 15.7 Å². The topological polar surface area (TPSA) is 51.1 Å². The zero-order chi connectivity index (χ0) is 14.9. The number of aromatic nitrogens is 1. The lowest BCUT2D eigenvalue weighted by Gasteiger charge is -2.09. The highest BCUT2D eigenvalue weighted by molar-refractivity contribution is 9.10. The molecule has 6 heteroatoms. The van der Waals surface area contributed by atoms with E-state index in [0.717, 1.165) is 0 Å². The van der Waals surface area contributed by atoms with Crippen molar-refractivity contribution in [2.24, 2.45) is 7.05 Å². The minimum atomic E-state index is -0.470. The highest BCUT2D eigenvalue weighted by Gasteiger charge is 2.11. The van der Waals surface area contributed by atoms with Gasteiger partial charge in [0.1, 0.15) is 5.82 Å². The van der Waals surface area contributed by atoms with Crippen LogP contribution in [0.2, 0.25) is 0 Å². The highest BCUT2D eigenvalue weighted by atomic mass is 79.9. The van der Waals surface area contributed by atoms with Crippen molar-refractivity contribution in [1.82, 2.24) is 4.57 Å². The Bertz CT molecular complexity index is 714. The van der Waals surface area contributed by atoms with E-state index in [9.17, 15) is 14.0 Å². The van der Waals surface area contributed by atoms with Gasteiger partial charge in [-0.05, 0) is 46.6 Å². The predicted octanol–water partition coefficient (Wildman–Crippen LogP) is 2.85. The summed E-state index contributed by atoms with van der Waals surface area (Å²) in [6, 6.07) is 5.53. The van der Waals surface area contributed by atoms with Gasteiger partial charge in [0.05, 0.1) is 10.2 Å². The van der Waals surface area contributed by atoms with Crippen molar-refractivity contribution in [2.45, 2.75) is 6.92 Å². The third kappa shape index (κ3) is 2.96. The number of pyridine rings is 1. The lowest BCUT2D eigenvalue weighted by molar-refractivity contribution is 0.102. The Labute approximate surface area is 123 Å². The number of anilines is 1. The summed E-state index contributed by atoms with van der Waals surface area (Å²) in [4.78, 5) is 23.6. The predicted molar refractivity (Wildman–Crippen MR) is 78.5 cm³/mol. The number of nitrogens with zero attached hydrogens (tertiary/aromatic N) is 1. The SMILES string of the molecule is Cc1ccc(F)cc1C(=O)Nc1cc(Br)c(=O)n(C)c1. The lowest BCUT2D eigenvalue weighted by atomic mass is 10.1. The molecule has 1 N–H and O–H groups in total. The summed E-state index contributed by atoms with van der Waals surface area (Å²) in [6.07, 6.45) is 1.50. The molecule has 0 radical (unpaired) electrons. The second-order valence-corrected chi connectivity index (χ2v) is 5.26. The number of carbonyl (C=O) groups excluding carboxylic acids is 1. The number of amides is 1. The third-order valence-electron chi connectivity index (χ3n) is 2.84. The molecule has 1 heterocycles. The molecule has 0 aliphatic carbocycles. The smallest absolute Gasteiger partial charge is 0.264 e. The quantitative estimate of drug-likeness (QED) is 0.915. The van der Waals surface area contributed by atoms with Gasteiger partial charge in [-0.15, -0.1) is 0 Å². The second kappa shape index (κ2) is 5.58. The van der Waals surface area contributed by atoms with E-state index in [-0.39, 0.29) is 11.1 Å². The largest absolute Gasteiger partial charge is 0.321 e. The molecular formula is C14H12BrFN2O2. The van der Waals surface area contributed by atoms with Crippen molar-refractivity contribution in [3.63, 3.8) is 0 Å². The Balaban J connectivity index is 2.32. The molecule has 0 aliphatic rings. The van der Waals surface area contributed by atoms with Crippen LogP contribution in [0.15, 0.2) is 39.7 Å². The monoisotopic (exact) mass is 338 g/mol. The van der Waals surface area contributed by atoms with E-state index in [4.69, 9.17) is 0 Å². The van der Waals surface area contributed by atoms with Crippen molar-refractivity contribution < 1.29 is 9.18 Å². The van der Waals surface area contributed by atoms with Gasteiger partial charge < -0.3 is 9.88 Å². The van der Waals surface area contributed by atoms with Crippen molar-refractivity contribution in [3.8, 4) is 0 Å². The molecule has 0 saturated heterocycles. The zero-order valence-corrected chi connectivity index (χ0v) is 12.5. The summed E-state index contributed by atoms with van der Waals surface area (Å²) in [5, 5.41) is 2.64. The second-order valence-electron chi connectivity index (χ2n) is 4.41. The van der Waals surface area contributed by atoms with Crippen LogP contribution < -0.4 is 10.9 Å². The maximum atomic E-state index is 13.2. The molecule has 2 aromatic rings. The number of benzene rings is 1. The Kier molecular flexibility index (Phi) is 4.04. The van der Waals surface area contributed by atoms with E-state index in [1.807, 2.05) is 0 Å². The summed E-state index contributed by atoms with van der Waals surface area (Å²) in [5.41, 5.74) is 1.18. The Hall–Kier alpha value is -1.95. The average molecular weight is 339 g/mol. The van der Waals surface area contributed by atoms with Crippen LogP contribution in [0.25, 0.3) is 0 Å². The van der Waals surface area contributed by atoms with Crippen molar-refractivity contribution in [3.05, 3.63) is 62.2 Å². The van der Waals surface area contributed by atoms with E-state index >= 15 is 0 Å².